The molecule has 0 radical (unpaired) electrons. The van der Waals surface area contributed by atoms with Crippen molar-refractivity contribution >= 4 is 0 Å². The van der Waals surface area contributed by atoms with E-state index < -0.39 is 0 Å². The smallest absolute Gasteiger partial charge is 0.0169 e. The van der Waals surface area contributed by atoms with Gasteiger partial charge >= 0.3 is 0 Å². The van der Waals surface area contributed by atoms with Gasteiger partial charge in [0.1, 0.15) is 0 Å². The molecule has 2 heteroatoms. The normalized spacial score (nSPS) is 12.9. The SMILES string of the molecule is C=C(NCC(C)CCCCCCCNC(C)C)C(C)C. The summed E-state index contributed by atoms with van der Waals surface area (Å²) in [6.07, 6.45) is 8.17. The largest absolute Gasteiger partial charge is 0.388 e. The predicted octanol–water partition coefficient (Wildman–Crippen LogP) is 4.72. The van der Waals surface area contributed by atoms with E-state index in [4.69, 9.17) is 0 Å². The minimum absolute atomic E-state index is 0.543. The molecule has 0 saturated heterocycles. The van der Waals surface area contributed by atoms with Crippen molar-refractivity contribution in [3.05, 3.63) is 12.3 Å². The molecule has 0 aromatic heterocycles. The zero-order chi connectivity index (χ0) is 15.4. The maximum atomic E-state index is 4.06. The molecule has 2 nitrogen and oxygen atoms in total. The lowest BCUT2D eigenvalue weighted by molar-refractivity contribution is 0.456. The molecule has 2 N–H and O–H groups in total. The van der Waals surface area contributed by atoms with E-state index in [1.54, 1.807) is 0 Å². The van der Waals surface area contributed by atoms with Gasteiger partial charge in [-0.15, -0.1) is 0 Å². The molecule has 0 bridgehead atoms. The van der Waals surface area contributed by atoms with Gasteiger partial charge in [0.25, 0.3) is 0 Å². The molecule has 0 fully saturated rings. The average molecular weight is 283 g/mol. The molecule has 0 aliphatic heterocycles. The zero-order valence-electron chi connectivity index (χ0n) is 14.6. The van der Waals surface area contributed by atoms with Crippen molar-refractivity contribution < 1.29 is 0 Å². The molecule has 0 spiro atoms. The molecule has 0 saturated carbocycles. The van der Waals surface area contributed by atoms with Gasteiger partial charge in [0.05, 0.1) is 0 Å². The Bertz CT molecular complexity index is 234. The minimum atomic E-state index is 0.543. The molecular formula is C18H38N2. The maximum Gasteiger partial charge on any atom is 0.0169 e. The Morgan fingerprint density at radius 1 is 0.900 bits per heavy atom. The van der Waals surface area contributed by atoms with E-state index in [2.05, 4.69) is 51.8 Å². The van der Waals surface area contributed by atoms with Crippen molar-refractivity contribution in [2.45, 2.75) is 79.2 Å². The quantitative estimate of drug-likeness (QED) is 0.478. The number of rotatable bonds is 13. The summed E-state index contributed by atoms with van der Waals surface area (Å²) < 4.78 is 0. The van der Waals surface area contributed by atoms with Crippen LogP contribution >= 0.6 is 0 Å². The minimum Gasteiger partial charge on any atom is -0.388 e. The number of nitrogens with one attached hydrogen (secondary N) is 2. The van der Waals surface area contributed by atoms with Crippen LogP contribution in [0.1, 0.15) is 73.1 Å². The molecule has 0 heterocycles. The molecular weight excluding hydrogens is 244 g/mol. The summed E-state index contributed by atoms with van der Waals surface area (Å²) in [5, 5.41) is 6.93. The standard InChI is InChI=1S/C18H38N2/c1-15(2)18(6)20-14-17(5)12-10-8-7-9-11-13-19-16(3)4/h15-17,19-20H,6-14H2,1-5H3. The summed E-state index contributed by atoms with van der Waals surface area (Å²) in [7, 11) is 0. The third-order valence-electron chi connectivity index (χ3n) is 3.80. The van der Waals surface area contributed by atoms with Gasteiger partial charge in [-0.3, -0.25) is 0 Å². The second kappa shape index (κ2) is 12.3. The van der Waals surface area contributed by atoms with Crippen molar-refractivity contribution in [1.29, 1.82) is 0 Å². The molecule has 0 rings (SSSR count). The fourth-order valence-electron chi connectivity index (χ4n) is 2.15. The molecule has 1 unspecified atom stereocenters. The van der Waals surface area contributed by atoms with Crippen LogP contribution in [-0.4, -0.2) is 19.1 Å². The zero-order valence-corrected chi connectivity index (χ0v) is 14.6. The van der Waals surface area contributed by atoms with Crippen molar-refractivity contribution in [2.75, 3.05) is 13.1 Å². The molecule has 0 amide bonds. The van der Waals surface area contributed by atoms with Crippen LogP contribution in [0.5, 0.6) is 0 Å². The molecule has 1 atom stereocenters. The monoisotopic (exact) mass is 282 g/mol. The van der Waals surface area contributed by atoms with Crippen LogP contribution in [0.2, 0.25) is 0 Å². The molecule has 120 valence electrons. The third kappa shape index (κ3) is 12.5. The lowest BCUT2D eigenvalue weighted by atomic mass is 10.0. The van der Waals surface area contributed by atoms with E-state index in [9.17, 15) is 0 Å². The van der Waals surface area contributed by atoms with E-state index in [0.717, 1.165) is 12.5 Å². The van der Waals surface area contributed by atoms with Crippen LogP contribution in [0.4, 0.5) is 0 Å². The highest BCUT2D eigenvalue weighted by Gasteiger charge is 2.04. The Morgan fingerprint density at radius 3 is 2.10 bits per heavy atom. The summed E-state index contributed by atoms with van der Waals surface area (Å²) in [6, 6.07) is 0.629. The fourth-order valence-corrected chi connectivity index (χ4v) is 2.15. The Morgan fingerprint density at radius 2 is 1.50 bits per heavy atom. The first kappa shape index (κ1) is 19.5. The molecule has 0 aromatic carbocycles. The van der Waals surface area contributed by atoms with Crippen molar-refractivity contribution in [2.24, 2.45) is 11.8 Å². The fraction of sp³-hybridized carbons (Fsp3) is 0.889. The van der Waals surface area contributed by atoms with Gasteiger partial charge in [-0.05, 0) is 31.2 Å². The van der Waals surface area contributed by atoms with Crippen LogP contribution in [0.15, 0.2) is 12.3 Å². The lowest BCUT2D eigenvalue weighted by Gasteiger charge is -2.17. The summed E-state index contributed by atoms with van der Waals surface area (Å²) in [5.74, 6) is 1.30. The Kier molecular flexibility index (Phi) is 12.0. The molecule has 0 aliphatic carbocycles. The van der Waals surface area contributed by atoms with Crippen LogP contribution in [0, 0.1) is 11.8 Å². The topological polar surface area (TPSA) is 24.1 Å². The first-order valence-corrected chi connectivity index (χ1v) is 8.59. The number of allylic oxidation sites excluding steroid dienone is 1. The lowest BCUT2D eigenvalue weighted by Crippen LogP contribution is -2.23. The van der Waals surface area contributed by atoms with Gasteiger partial charge in [0, 0.05) is 18.3 Å². The number of hydrogen-bond acceptors (Lipinski definition) is 2. The van der Waals surface area contributed by atoms with E-state index in [1.165, 1.54) is 50.8 Å². The summed E-state index contributed by atoms with van der Waals surface area (Å²) in [6.45, 7) is 17.5. The van der Waals surface area contributed by atoms with Crippen molar-refractivity contribution in [3.8, 4) is 0 Å². The van der Waals surface area contributed by atoms with Gasteiger partial charge in [0.15, 0.2) is 0 Å². The van der Waals surface area contributed by atoms with Gasteiger partial charge in [-0.2, -0.15) is 0 Å². The van der Waals surface area contributed by atoms with E-state index >= 15 is 0 Å². The number of unbranched alkanes of at least 4 members (excludes halogenated alkanes) is 4. The van der Waals surface area contributed by atoms with E-state index in [0.29, 0.717) is 12.0 Å². The van der Waals surface area contributed by atoms with E-state index in [1.807, 2.05) is 0 Å². The summed E-state index contributed by atoms with van der Waals surface area (Å²) in [4.78, 5) is 0. The molecule has 0 aliphatic rings. The van der Waals surface area contributed by atoms with Gasteiger partial charge in [-0.1, -0.05) is 66.9 Å². The highest BCUT2D eigenvalue weighted by molar-refractivity contribution is 4.94. The van der Waals surface area contributed by atoms with Crippen molar-refractivity contribution in [1.82, 2.24) is 10.6 Å². The van der Waals surface area contributed by atoms with Gasteiger partial charge < -0.3 is 10.6 Å². The Balaban J connectivity index is 3.31. The Labute approximate surface area is 127 Å². The highest BCUT2D eigenvalue weighted by Crippen LogP contribution is 2.12. The first-order chi connectivity index (χ1) is 9.43. The van der Waals surface area contributed by atoms with Crippen LogP contribution < -0.4 is 10.6 Å². The third-order valence-corrected chi connectivity index (χ3v) is 3.80. The average Bonchev–Trinajstić information content (AvgIpc) is 2.38. The first-order valence-electron chi connectivity index (χ1n) is 8.59. The molecule has 20 heavy (non-hydrogen) atoms. The van der Waals surface area contributed by atoms with Gasteiger partial charge in [-0.25, -0.2) is 0 Å². The Hall–Kier alpha value is -0.500. The van der Waals surface area contributed by atoms with Gasteiger partial charge in [0.2, 0.25) is 0 Å². The van der Waals surface area contributed by atoms with Crippen LogP contribution in [0.25, 0.3) is 0 Å². The van der Waals surface area contributed by atoms with Crippen LogP contribution in [-0.2, 0) is 0 Å². The van der Waals surface area contributed by atoms with Crippen LogP contribution in [0.3, 0.4) is 0 Å². The second-order valence-electron chi connectivity index (χ2n) is 6.83. The summed E-state index contributed by atoms with van der Waals surface area (Å²) >= 11 is 0. The van der Waals surface area contributed by atoms with E-state index in [-0.39, 0.29) is 0 Å². The molecule has 0 aromatic rings. The highest BCUT2D eigenvalue weighted by atomic mass is 14.9. The number of hydrogen-bond donors (Lipinski definition) is 2. The second-order valence-corrected chi connectivity index (χ2v) is 6.83. The maximum absolute atomic E-state index is 4.06. The summed E-state index contributed by atoms with van der Waals surface area (Å²) in [5.41, 5.74) is 1.18. The van der Waals surface area contributed by atoms with Crippen molar-refractivity contribution in [3.63, 3.8) is 0 Å². The predicted molar refractivity (Wildman–Crippen MR) is 92.0 cm³/mol.